The molecule has 32 heavy (non-hydrogen) atoms. The lowest BCUT2D eigenvalue weighted by molar-refractivity contribution is -0.122. The van der Waals surface area contributed by atoms with Crippen molar-refractivity contribution in [1.82, 2.24) is 25.0 Å². The molecule has 0 radical (unpaired) electrons. The van der Waals surface area contributed by atoms with E-state index in [1.54, 1.807) is 24.5 Å². The lowest BCUT2D eigenvalue weighted by Gasteiger charge is -2.23. The SMILES string of the molecule is O=C(Cn1c(=O)cc(-c2nc(-c3ccncc3)no2)c2ccccc21)NC1CCCCC1. The van der Waals surface area contributed by atoms with Gasteiger partial charge in [0.15, 0.2) is 0 Å². The first-order valence-corrected chi connectivity index (χ1v) is 10.9. The number of aromatic nitrogens is 4. The number of pyridine rings is 2. The minimum absolute atomic E-state index is 0.0256. The molecule has 1 amide bonds. The van der Waals surface area contributed by atoms with Gasteiger partial charge in [-0.2, -0.15) is 4.98 Å². The molecule has 1 aromatic carbocycles. The highest BCUT2D eigenvalue weighted by Gasteiger charge is 2.19. The van der Waals surface area contributed by atoms with E-state index in [2.05, 4.69) is 20.4 Å². The van der Waals surface area contributed by atoms with Crippen molar-refractivity contribution in [1.29, 1.82) is 0 Å². The van der Waals surface area contributed by atoms with Crippen molar-refractivity contribution in [3.05, 3.63) is 65.2 Å². The fourth-order valence-electron chi connectivity index (χ4n) is 4.29. The molecule has 162 valence electrons. The average Bonchev–Trinajstić information content (AvgIpc) is 3.32. The fraction of sp³-hybridized carbons (Fsp3) is 0.292. The Hall–Kier alpha value is -3.81. The number of para-hydroxylation sites is 1. The molecule has 8 nitrogen and oxygen atoms in total. The quantitative estimate of drug-likeness (QED) is 0.520. The van der Waals surface area contributed by atoms with Gasteiger partial charge in [0, 0.05) is 35.5 Å². The molecule has 0 bridgehead atoms. The summed E-state index contributed by atoms with van der Waals surface area (Å²) in [5.41, 5.74) is 1.67. The number of carbonyl (C=O) groups is 1. The average molecular weight is 429 g/mol. The van der Waals surface area contributed by atoms with E-state index in [9.17, 15) is 9.59 Å². The van der Waals surface area contributed by atoms with Gasteiger partial charge in [0.2, 0.25) is 11.7 Å². The van der Waals surface area contributed by atoms with Crippen molar-refractivity contribution in [2.24, 2.45) is 0 Å². The van der Waals surface area contributed by atoms with Crippen LogP contribution in [0.3, 0.4) is 0 Å². The maximum Gasteiger partial charge on any atom is 0.259 e. The minimum Gasteiger partial charge on any atom is -0.352 e. The monoisotopic (exact) mass is 429 g/mol. The van der Waals surface area contributed by atoms with Gasteiger partial charge in [-0.15, -0.1) is 0 Å². The molecule has 0 unspecified atom stereocenters. The number of nitrogens with zero attached hydrogens (tertiary/aromatic N) is 4. The minimum atomic E-state index is -0.291. The number of nitrogens with one attached hydrogen (secondary N) is 1. The van der Waals surface area contributed by atoms with E-state index in [-0.39, 0.29) is 29.9 Å². The molecule has 0 saturated heterocycles. The molecule has 1 fully saturated rings. The summed E-state index contributed by atoms with van der Waals surface area (Å²) in [5.74, 6) is 0.529. The summed E-state index contributed by atoms with van der Waals surface area (Å²) in [4.78, 5) is 34.2. The number of rotatable bonds is 5. The van der Waals surface area contributed by atoms with Gasteiger partial charge in [0.25, 0.3) is 11.4 Å². The van der Waals surface area contributed by atoms with E-state index in [0.717, 1.165) is 36.6 Å². The molecule has 0 atom stereocenters. The predicted octanol–water partition coefficient (Wildman–Crippen LogP) is 3.56. The van der Waals surface area contributed by atoms with E-state index < -0.39 is 0 Å². The number of hydrogen-bond donors (Lipinski definition) is 1. The molecule has 1 aliphatic carbocycles. The third kappa shape index (κ3) is 4.03. The van der Waals surface area contributed by atoms with E-state index in [4.69, 9.17) is 4.52 Å². The number of amides is 1. The zero-order valence-electron chi connectivity index (χ0n) is 17.5. The second kappa shape index (κ2) is 8.74. The zero-order chi connectivity index (χ0) is 21.9. The van der Waals surface area contributed by atoms with Crippen LogP contribution in [0.5, 0.6) is 0 Å². The standard InChI is InChI=1S/C24H23N5O3/c30-21(26-17-6-2-1-3-7-17)15-29-20-9-5-4-8-18(20)19(14-22(29)31)24-27-23(28-32-24)16-10-12-25-13-11-16/h4-5,8-14,17H,1-3,6-7,15H2,(H,26,30). The molecular weight excluding hydrogens is 406 g/mol. The molecule has 3 aromatic heterocycles. The van der Waals surface area contributed by atoms with Gasteiger partial charge in [0.1, 0.15) is 6.54 Å². The Bertz CT molecular complexity index is 1310. The summed E-state index contributed by atoms with van der Waals surface area (Å²) < 4.78 is 6.98. The first kappa shape index (κ1) is 20.1. The normalized spacial score (nSPS) is 14.5. The summed E-state index contributed by atoms with van der Waals surface area (Å²) in [7, 11) is 0. The molecule has 3 heterocycles. The number of fused-ring (bicyclic) bond motifs is 1. The van der Waals surface area contributed by atoms with Crippen molar-refractivity contribution in [3.8, 4) is 22.8 Å². The summed E-state index contributed by atoms with van der Waals surface area (Å²) in [6.45, 7) is -0.0256. The third-order valence-corrected chi connectivity index (χ3v) is 5.89. The Kier molecular flexibility index (Phi) is 5.49. The van der Waals surface area contributed by atoms with Gasteiger partial charge in [-0.05, 0) is 31.0 Å². The summed E-state index contributed by atoms with van der Waals surface area (Å²) in [5, 5.41) is 7.90. The van der Waals surface area contributed by atoms with Gasteiger partial charge >= 0.3 is 0 Å². The molecule has 4 aromatic rings. The zero-order valence-corrected chi connectivity index (χ0v) is 17.5. The van der Waals surface area contributed by atoms with Crippen LogP contribution in [-0.2, 0) is 11.3 Å². The third-order valence-electron chi connectivity index (χ3n) is 5.89. The second-order valence-corrected chi connectivity index (χ2v) is 8.06. The van der Waals surface area contributed by atoms with Gasteiger partial charge in [-0.3, -0.25) is 19.1 Å². The van der Waals surface area contributed by atoms with Crippen LogP contribution in [0.1, 0.15) is 32.1 Å². The number of carbonyl (C=O) groups excluding carboxylic acids is 1. The van der Waals surface area contributed by atoms with Crippen LogP contribution in [0.25, 0.3) is 33.7 Å². The molecule has 8 heteroatoms. The summed E-state index contributed by atoms with van der Waals surface area (Å²) in [6, 6.07) is 12.7. The molecule has 1 N–H and O–H groups in total. The van der Waals surface area contributed by atoms with Crippen molar-refractivity contribution in [2.45, 2.75) is 44.7 Å². The Morgan fingerprint density at radius 3 is 2.69 bits per heavy atom. The highest BCUT2D eigenvalue weighted by molar-refractivity contribution is 5.93. The lowest BCUT2D eigenvalue weighted by Crippen LogP contribution is -2.39. The highest BCUT2D eigenvalue weighted by atomic mass is 16.5. The largest absolute Gasteiger partial charge is 0.352 e. The van der Waals surface area contributed by atoms with Crippen LogP contribution in [0.15, 0.2) is 64.2 Å². The van der Waals surface area contributed by atoms with E-state index >= 15 is 0 Å². The maximum atomic E-state index is 13.0. The number of hydrogen-bond acceptors (Lipinski definition) is 6. The summed E-state index contributed by atoms with van der Waals surface area (Å²) >= 11 is 0. The van der Waals surface area contributed by atoms with Crippen molar-refractivity contribution in [3.63, 3.8) is 0 Å². The Morgan fingerprint density at radius 1 is 1.09 bits per heavy atom. The van der Waals surface area contributed by atoms with Crippen LogP contribution >= 0.6 is 0 Å². The molecule has 0 spiro atoms. The van der Waals surface area contributed by atoms with Crippen molar-refractivity contribution in [2.75, 3.05) is 0 Å². The van der Waals surface area contributed by atoms with Crippen LogP contribution in [-0.4, -0.2) is 31.6 Å². The topological polar surface area (TPSA) is 103 Å². The van der Waals surface area contributed by atoms with E-state index in [1.165, 1.54) is 17.1 Å². The molecule has 0 aliphatic heterocycles. The molecular formula is C24H23N5O3. The van der Waals surface area contributed by atoms with Crippen molar-refractivity contribution >= 4 is 16.8 Å². The lowest BCUT2D eigenvalue weighted by atomic mass is 9.95. The first-order valence-electron chi connectivity index (χ1n) is 10.9. The predicted molar refractivity (Wildman–Crippen MR) is 120 cm³/mol. The Balaban J connectivity index is 1.48. The Morgan fingerprint density at radius 2 is 1.88 bits per heavy atom. The van der Waals surface area contributed by atoms with Gasteiger partial charge in [0.05, 0.1) is 11.1 Å². The molecule has 5 rings (SSSR count). The Labute approximate surface area is 184 Å². The van der Waals surface area contributed by atoms with Crippen LogP contribution < -0.4 is 10.9 Å². The van der Waals surface area contributed by atoms with E-state index in [1.807, 2.05) is 24.3 Å². The van der Waals surface area contributed by atoms with Crippen LogP contribution in [0.4, 0.5) is 0 Å². The highest BCUT2D eigenvalue weighted by Crippen LogP contribution is 2.28. The first-order chi connectivity index (χ1) is 15.7. The number of benzene rings is 1. The van der Waals surface area contributed by atoms with Crippen molar-refractivity contribution < 1.29 is 9.32 Å². The summed E-state index contributed by atoms with van der Waals surface area (Å²) in [6.07, 6.45) is 8.79. The van der Waals surface area contributed by atoms with Gasteiger partial charge in [-0.1, -0.05) is 42.6 Å². The molecule has 1 saturated carbocycles. The van der Waals surface area contributed by atoms with Crippen LogP contribution in [0.2, 0.25) is 0 Å². The van der Waals surface area contributed by atoms with Crippen LogP contribution in [0, 0.1) is 0 Å². The van der Waals surface area contributed by atoms with E-state index in [0.29, 0.717) is 16.9 Å². The fourth-order valence-corrected chi connectivity index (χ4v) is 4.29. The van der Waals surface area contributed by atoms with Gasteiger partial charge in [-0.25, -0.2) is 0 Å². The molecule has 1 aliphatic rings. The smallest absolute Gasteiger partial charge is 0.259 e. The van der Waals surface area contributed by atoms with Gasteiger partial charge < -0.3 is 9.84 Å². The maximum absolute atomic E-state index is 13.0. The second-order valence-electron chi connectivity index (χ2n) is 8.06.